The number of rotatable bonds is 5. The van der Waals surface area contributed by atoms with Crippen molar-refractivity contribution in [1.29, 1.82) is 0 Å². The van der Waals surface area contributed by atoms with Gasteiger partial charge in [0.1, 0.15) is 11.3 Å². The van der Waals surface area contributed by atoms with E-state index in [0.717, 1.165) is 17.5 Å². The number of sulfone groups is 1. The maximum atomic E-state index is 13.4. The molecule has 1 atom stereocenters. The van der Waals surface area contributed by atoms with Gasteiger partial charge in [-0.05, 0) is 42.0 Å². The monoisotopic (exact) mass is 393 g/mol. The highest BCUT2D eigenvalue weighted by Crippen LogP contribution is 2.41. The number of carboxylic acid groups (broad SMARTS) is 1. The molecule has 1 aliphatic heterocycles. The van der Waals surface area contributed by atoms with Crippen molar-refractivity contribution in [3.8, 4) is 5.75 Å². The molecule has 2 aromatic rings. The number of ether oxygens (including phenoxy) is 1. The molecule has 1 aliphatic rings. The third-order valence-corrected chi connectivity index (χ3v) is 7.45. The van der Waals surface area contributed by atoms with Crippen molar-refractivity contribution in [2.75, 3.05) is 19.9 Å². The van der Waals surface area contributed by atoms with Gasteiger partial charge in [0.15, 0.2) is 15.2 Å². The third-order valence-electron chi connectivity index (χ3n) is 4.44. The van der Waals surface area contributed by atoms with Crippen molar-refractivity contribution in [2.45, 2.75) is 16.7 Å². The lowest BCUT2D eigenvalue weighted by Gasteiger charge is -2.35. The predicted octanol–water partition coefficient (Wildman–Crippen LogP) is 3.00. The zero-order chi connectivity index (χ0) is 18.9. The summed E-state index contributed by atoms with van der Waals surface area (Å²) in [5.41, 5.74) is 1.56. The van der Waals surface area contributed by atoms with E-state index in [4.69, 9.17) is 4.74 Å². The SMILES string of the molecule is COc1ccc(S(=O)(=O)C2c3ccccc3CCN2SC)cc1C(=O)O. The molecule has 26 heavy (non-hydrogen) atoms. The zero-order valence-corrected chi connectivity index (χ0v) is 16.0. The van der Waals surface area contributed by atoms with Crippen LogP contribution >= 0.6 is 11.9 Å². The molecule has 1 unspecified atom stereocenters. The molecule has 0 fully saturated rings. The van der Waals surface area contributed by atoms with Crippen molar-refractivity contribution in [3.05, 3.63) is 59.2 Å². The molecule has 3 rings (SSSR count). The molecule has 0 aromatic heterocycles. The van der Waals surface area contributed by atoms with Gasteiger partial charge in [-0.3, -0.25) is 0 Å². The van der Waals surface area contributed by atoms with Gasteiger partial charge in [0, 0.05) is 6.54 Å². The van der Waals surface area contributed by atoms with Gasteiger partial charge < -0.3 is 9.84 Å². The van der Waals surface area contributed by atoms with Crippen molar-refractivity contribution in [2.24, 2.45) is 0 Å². The maximum Gasteiger partial charge on any atom is 0.339 e. The van der Waals surface area contributed by atoms with Gasteiger partial charge in [0.05, 0.1) is 12.0 Å². The molecule has 138 valence electrons. The van der Waals surface area contributed by atoms with Crippen LogP contribution in [0.5, 0.6) is 5.75 Å². The van der Waals surface area contributed by atoms with E-state index in [1.54, 1.807) is 0 Å². The number of hydrogen-bond donors (Lipinski definition) is 1. The van der Waals surface area contributed by atoms with E-state index in [1.807, 2.05) is 34.8 Å². The molecule has 1 heterocycles. The van der Waals surface area contributed by atoms with Gasteiger partial charge in [-0.2, -0.15) is 0 Å². The van der Waals surface area contributed by atoms with Crippen LogP contribution in [0.1, 0.15) is 26.9 Å². The summed E-state index contributed by atoms with van der Waals surface area (Å²) in [7, 11) is -2.48. The highest BCUT2D eigenvalue weighted by Gasteiger charge is 2.38. The summed E-state index contributed by atoms with van der Waals surface area (Å²) in [6.45, 7) is 0.601. The van der Waals surface area contributed by atoms with Crippen LogP contribution in [0.2, 0.25) is 0 Å². The van der Waals surface area contributed by atoms with Crippen molar-refractivity contribution in [3.63, 3.8) is 0 Å². The topological polar surface area (TPSA) is 83.9 Å². The Morgan fingerprint density at radius 3 is 2.65 bits per heavy atom. The first-order valence-electron chi connectivity index (χ1n) is 7.94. The summed E-state index contributed by atoms with van der Waals surface area (Å²) in [6.07, 6.45) is 2.61. The molecule has 8 heteroatoms. The molecule has 0 saturated heterocycles. The Balaban J connectivity index is 2.16. The van der Waals surface area contributed by atoms with Crippen molar-refractivity contribution >= 4 is 27.8 Å². The quantitative estimate of drug-likeness (QED) is 0.782. The maximum absolute atomic E-state index is 13.4. The smallest absolute Gasteiger partial charge is 0.339 e. The molecule has 0 aliphatic carbocycles. The Bertz CT molecular complexity index is 942. The van der Waals surface area contributed by atoms with Crippen LogP contribution in [0.15, 0.2) is 47.4 Å². The third kappa shape index (κ3) is 3.20. The second-order valence-corrected chi connectivity index (χ2v) is 8.68. The molecule has 6 nitrogen and oxygen atoms in total. The van der Waals surface area contributed by atoms with Crippen LogP contribution in [0.4, 0.5) is 0 Å². The van der Waals surface area contributed by atoms with E-state index >= 15 is 0 Å². The summed E-state index contributed by atoms with van der Waals surface area (Å²) in [5, 5.41) is 8.50. The molecule has 0 bridgehead atoms. The van der Waals surface area contributed by atoms with Crippen LogP contribution in [-0.4, -0.2) is 43.7 Å². The Hall–Kier alpha value is -2.03. The van der Waals surface area contributed by atoms with Crippen LogP contribution in [0.3, 0.4) is 0 Å². The van der Waals surface area contributed by atoms with Gasteiger partial charge in [-0.25, -0.2) is 17.5 Å². The highest BCUT2D eigenvalue weighted by molar-refractivity contribution is 7.98. The lowest BCUT2D eigenvalue weighted by molar-refractivity contribution is 0.0693. The fourth-order valence-corrected chi connectivity index (χ4v) is 6.13. The average molecular weight is 393 g/mol. The summed E-state index contributed by atoms with van der Waals surface area (Å²) < 4.78 is 33.7. The molecular formula is C18H19NO5S2. The fraction of sp³-hybridized carbons (Fsp3) is 0.278. The minimum Gasteiger partial charge on any atom is -0.496 e. The molecule has 0 amide bonds. The number of nitrogens with zero attached hydrogens (tertiary/aromatic N) is 1. The summed E-state index contributed by atoms with van der Waals surface area (Å²) in [6, 6.07) is 11.4. The molecule has 2 aromatic carbocycles. The van der Waals surface area contributed by atoms with Crippen LogP contribution < -0.4 is 4.74 Å². The van der Waals surface area contributed by atoms with Crippen LogP contribution in [-0.2, 0) is 16.3 Å². The molecular weight excluding hydrogens is 374 g/mol. The van der Waals surface area contributed by atoms with Gasteiger partial charge in [-0.1, -0.05) is 36.2 Å². The molecule has 0 spiro atoms. The summed E-state index contributed by atoms with van der Waals surface area (Å²) in [4.78, 5) is 11.4. The van der Waals surface area contributed by atoms with Gasteiger partial charge in [-0.15, -0.1) is 0 Å². The Morgan fingerprint density at radius 1 is 1.27 bits per heavy atom. The zero-order valence-electron chi connectivity index (χ0n) is 14.4. The van der Waals surface area contributed by atoms with Crippen molar-refractivity contribution < 1.29 is 23.1 Å². The first kappa shape index (κ1) is 18.8. The predicted molar refractivity (Wildman–Crippen MR) is 100 cm³/mol. The Morgan fingerprint density at radius 2 is 2.00 bits per heavy atom. The lowest BCUT2D eigenvalue weighted by atomic mass is 10.0. The first-order chi connectivity index (χ1) is 12.4. The number of aromatic carboxylic acids is 1. The van der Waals surface area contributed by atoms with Crippen LogP contribution in [0.25, 0.3) is 0 Å². The van der Waals surface area contributed by atoms with Gasteiger partial charge in [0.25, 0.3) is 0 Å². The summed E-state index contributed by atoms with van der Waals surface area (Å²) in [5.74, 6) is -1.10. The minimum atomic E-state index is -3.83. The minimum absolute atomic E-state index is 0.0311. The Kier molecular flexibility index (Phi) is 5.27. The molecule has 1 N–H and O–H groups in total. The average Bonchev–Trinajstić information content (AvgIpc) is 2.66. The lowest BCUT2D eigenvalue weighted by Crippen LogP contribution is -2.35. The first-order valence-corrected chi connectivity index (χ1v) is 10.7. The van der Waals surface area contributed by atoms with E-state index in [1.165, 1.54) is 37.3 Å². The van der Waals surface area contributed by atoms with E-state index in [9.17, 15) is 18.3 Å². The second-order valence-electron chi connectivity index (χ2n) is 5.84. The van der Waals surface area contributed by atoms with E-state index in [-0.39, 0.29) is 16.2 Å². The van der Waals surface area contributed by atoms with E-state index < -0.39 is 21.2 Å². The second kappa shape index (κ2) is 7.30. The van der Waals surface area contributed by atoms with E-state index in [2.05, 4.69) is 0 Å². The van der Waals surface area contributed by atoms with E-state index in [0.29, 0.717) is 6.54 Å². The summed E-state index contributed by atoms with van der Waals surface area (Å²) >= 11 is 1.37. The number of hydrogen-bond acceptors (Lipinski definition) is 6. The highest BCUT2D eigenvalue weighted by atomic mass is 32.2. The largest absolute Gasteiger partial charge is 0.496 e. The number of methoxy groups -OCH3 is 1. The normalized spacial score (nSPS) is 17.5. The van der Waals surface area contributed by atoms with Crippen molar-refractivity contribution in [1.82, 2.24) is 4.31 Å². The van der Waals surface area contributed by atoms with Gasteiger partial charge >= 0.3 is 5.97 Å². The standard InChI is InChI=1S/C18H19NO5S2/c1-24-16-8-7-13(11-15(16)18(20)21)26(22,23)17-14-6-4-3-5-12(14)9-10-19(17)25-2/h3-8,11,17H,9-10H2,1-2H3,(H,20,21). The Labute approximate surface area is 156 Å². The number of fused-ring (bicyclic) bond motifs is 1. The molecule has 0 radical (unpaired) electrons. The number of benzene rings is 2. The number of carbonyl (C=O) groups is 1. The van der Waals surface area contributed by atoms with Crippen LogP contribution in [0, 0.1) is 0 Å². The van der Waals surface area contributed by atoms with Gasteiger partial charge in [0.2, 0.25) is 0 Å². The number of carboxylic acids is 1. The fourth-order valence-electron chi connectivity index (χ4n) is 3.17. The molecule has 0 saturated carbocycles.